The molecule has 3 atom stereocenters. The van der Waals surface area contributed by atoms with Gasteiger partial charge in [-0.2, -0.15) is 9.97 Å². The number of amides is 2. The van der Waals surface area contributed by atoms with Crippen LogP contribution in [-0.4, -0.2) is 97.5 Å². The van der Waals surface area contributed by atoms with Crippen LogP contribution < -0.4 is 10.1 Å². The highest BCUT2D eigenvalue weighted by Crippen LogP contribution is 2.27. The molecule has 0 spiro atoms. The van der Waals surface area contributed by atoms with Gasteiger partial charge < -0.3 is 25.2 Å². The normalized spacial score (nSPS) is 23.3. The standard InChI is InChI=1S/C30H42N6O5/c1-3-22(4-2)41-29-31-23(17-26(33-29)32-27-11-7-8-14-36(27)30(39)40)28(38)35-16-13-24(25(37)19-35)34-15-12-20-9-5-6-10-21(20)18-34/h5-6,9-10,17,22,24-25,27,37H,3-4,7-8,11-16,18-19H2,1-2H3,(H,39,40)(H,31,32,33)/t24-,25-,27?/m1/s1. The van der Waals surface area contributed by atoms with E-state index in [1.54, 1.807) is 11.0 Å². The lowest BCUT2D eigenvalue weighted by Crippen LogP contribution is -2.56. The summed E-state index contributed by atoms with van der Waals surface area (Å²) in [5.74, 6) is 0.0509. The van der Waals surface area contributed by atoms with Crippen LogP contribution in [0.25, 0.3) is 0 Å². The average Bonchev–Trinajstić information content (AvgIpc) is 2.99. The number of anilines is 1. The molecule has 2 saturated heterocycles. The minimum atomic E-state index is -0.991. The molecule has 1 unspecified atom stereocenters. The number of carbonyl (C=O) groups is 2. The van der Waals surface area contributed by atoms with Crippen LogP contribution in [0.3, 0.4) is 0 Å². The Labute approximate surface area is 241 Å². The van der Waals surface area contributed by atoms with Crippen LogP contribution in [0, 0.1) is 0 Å². The van der Waals surface area contributed by atoms with Crippen molar-refractivity contribution in [2.75, 3.05) is 31.5 Å². The molecule has 11 nitrogen and oxygen atoms in total. The summed E-state index contributed by atoms with van der Waals surface area (Å²) in [5.41, 5.74) is 2.83. The highest BCUT2D eigenvalue weighted by atomic mass is 16.5. The second kappa shape index (κ2) is 13.0. The molecule has 1 aromatic heterocycles. The number of carbonyl (C=O) groups excluding carboxylic acids is 1. The van der Waals surface area contributed by atoms with Gasteiger partial charge in [0.1, 0.15) is 23.8 Å². The third kappa shape index (κ3) is 6.73. The molecule has 1 aromatic carbocycles. The Kier molecular flexibility index (Phi) is 9.24. The summed E-state index contributed by atoms with van der Waals surface area (Å²) in [6.45, 7) is 6.88. The van der Waals surface area contributed by atoms with Gasteiger partial charge in [-0.25, -0.2) is 4.79 Å². The largest absolute Gasteiger partial charge is 0.465 e. The molecule has 3 aliphatic rings. The number of nitrogens with one attached hydrogen (secondary N) is 1. The van der Waals surface area contributed by atoms with Crippen molar-refractivity contribution in [1.82, 2.24) is 24.7 Å². The molecule has 0 radical (unpaired) electrons. The Morgan fingerprint density at radius 3 is 2.59 bits per heavy atom. The van der Waals surface area contributed by atoms with Gasteiger partial charge in [0.05, 0.1) is 6.10 Å². The molecule has 2 aromatic rings. The van der Waals surface area contributed by atoms with Crippen molar-refractivity contribution >= 4 is 17.8 Å². The molecular formula is C30H42N6O5. The number of benzene rings is 1. The molecule has 41 heavy (non-hydrogen) atoms. The zero-order valence-corrected chi connectivity index (χ0v) is 24.0. The zero-order valence-electron chi connectivity index (χ0n) is 24.0. The van der Waals surface area contributed by atoms with Gasteiger partial charge in [-0.3, -0.25) is 14.6 Å². The monoisotopic (exact) mass is 566 g/mol. The third-order valence-corrected chi connectivity index (χ3v) is 8.63. The molecule has 0 bridgehead atoms. The first-order chi connectivity index (χ1) is 19.9. The number of aliphatic hydroxyl groups excluding tert-OH is 1. The van der Waals surface area contributed by atoms with Gasteiger partial charge in [0, 0.05) is 44.8 Å². The van der Waals surface area contributed by atoms with Crippen LogP contribution in [0.15, 0.2) is 30.3 Å². The lowest BCUT2D eigenvalue weighted by Gasteiger charge is -2.43. The lowest BCUT2D eigenvalue weighted by molar-refractivity contribution is -0.0139. The van der Waals surface area contributed by atoms with Gasteiger partial charge in [0.25, 0.3) is 5.91 Å². The van der Waals surface area contributed by atoms with Crippen molar-refractivity contribution in [1.29, 1.82) is 0 Å². The van der Waals surface area contributed by atoms with Gasteiger partial charge in [-0.1, -0.05) is 38.1 Å². The maximum absolute atomic E-state index is 13.7. The molecule has 0 aliphatic carbocycles. The first-order valence-electron chi connectivity index (χ1n) is 15.0. The molecule has 2 amide bonds. The topological polar surface area (TPSA) is 131 Å². The van der Waals surface area contributed by atoms with Gasteiger partial charge >= 0.3 is 12.1 Å². The molecule has 222 valence electrons. The van der Waals surface area contributed by atoms with E-state index >= 15 is 0 Å². The van der Waals surface area contributed by atoms with Gasteiger partial charge in [-0.15, -0.1) is 0 Å². The van der Waals surface area contributed by atoms with E-state index in [2.05, 4.69) is 44.5 Å². The minimum absolute atomic E-state index is 0.0166. The Hall–Kier alpha value is -3.44. The van der Waals surface area contributed by atoms with Gasteiger partial charge in [-0.05, 0) is 56.1 Å². The number of rotatable bonds is 8. The molecule has 5 rings (SSSR count). The van der Waals surface area contributed by atoms with Crippen molar-refractivity contribution in [3.63, 3.8) is 0 Å². The third-order valence-electron chi connectivity index (χ3n) is 8.63. The van der Waals surface area contributed by atoms with Crippen LogP contribution in [-0.2, 0) is 13.0 Å². The number of nitrogens with zero attached hydrogens (tertiary/aromatic N) is 5. The molecule has 0 saturated carbocycles. The van der Waals surface area contributed by atoms with Crippen molar-refractivity contribution in [3.8, 4) is 6.01 Å². The van der Waals surface area contributed by atoms with Crippen LogP contribution in [0.2, 0.25) is 0 Å². The first-order valence-corrected chi connectivity index (χ1v) is 15.0. The molecule has 3 aliphatic heterocycles. The highest BCUT2D eigenvalue weighted by Gasteiger charge is 2.36. The molecule has 3 N–H and O–H groups in total. The number of aliphatic hydroxyl groups is 1. The summed E-state index contributed by atoms with van der Waals surface area (Å²) < 4.78 is 6.02. The minimum Gasteiger partial charge on any atom is -0.465 e. The van der Waals surface area contributed by atoms with Crippen molar-refractivity contribution < 1.29 is 24.5 Å². The zero-order chi connectivity index (χ0) is 28.9. The fourth-order valence-corrected chi connectivity index (χ4v) is 6.24. The summed E-state index contributed by atoms with van der Waals surface area (Å²) in [6.07, 6.45) is 3.26. The smallest absolute Gasteiger partial charge is 0.408 e. The number of aromatic nitrogens is 2. The maximum atomic E-state index is 13.7. The summed E-state index contributed by atoms with van der Waals surface area (Å²) in [6, 6.07) is 10.1. The fraction of sp³-hybridized carbons (Fsp3) is 0.600. The molecule has 4 heterocycles. The predicted molar refractivity (Wildman–Crippen MR) is 154 cm³/mol. The van der Waals surface area contributed by atoms with E-state index in [4.69, 9.17) is 4.74 Å². The Morgan fingerprint density at radius 1 is 1.07 bits per heavy atom. The number of fused-ring (bicyclic) bond motifs is 1. The summed E-state index contributed by atoms with van der Waals surface area (Å²) in [7, 11) is 0. The van der Waals surface area contributed by atoms with E-state index in [0.29, 0.717) is 31.7 Å². The molecular weight excluding hydrogens is 524 g/mol. The Morgan fingerprint density at radius 2 is 1.85 bits per heavy atom. The maximum Gasteiger partial charge on any atom is 0.408 e. The van der Waals surface area contributed by atoms with Crippen molar-refractivity contribution in [2.24, 2.45) is 0 Å². The first kappa shape index (κ1) is 29.1. The van der Waals surface area contributed by atoms with E-state index in [0.717, 1.165) is 45.2 Å². The molecule has 11 heteroatoms. The van der Waals surface area contributed by atoms with E-state index < -0.39 is 18.4 Å². The number of ether oxygens (including phenoxy) is 1. The summed E-state index contributed by atoms with van der Waals surface area (Å²) in [5, 5.41) is 24.0. The van der Waals surface area contributed by atoms with E-state index in [1.807, 2.05) is 13.8 Å². The van der Waals surface area contributed by atoms with Crippen LogP contribution in [0.1, 0.15) is 74.0 Å². The quantitative estimate of drug-likeness (QED) is 0.439. The lowest BCUT2D eigenvalue weighted by atomic mass is 9.94. The fourth-order valence-electron chi connectivity index (χ4n) is 6.24. The van der Waals surface area contributed by atoms with Gasteiger partial charge in [0.2, 0.25) is 0 Å². The molecule has 2 fully saturated rings. The van der Waals surface area contributed by atoms with Crippen molar-refractivity contribution in [3.05, 3.63) is 47.2 Å². The second-order valence-corrected chi connectivity index (χ2v) is 11.3. The van der Waals surface area contributed by atoms with Crippen LogP contribution in [0.4, 0.5) is 10.6 Å². The number of β-amino-alcohol motifs (C(OH)–C–C–N with tert-alkyl or cyclic N) is 1. The van der Waals surface area contributed by atoms with Crippen LogP contribution >= 0.6 is 0 Å². The number of likely N-dealkylation sites (tertiary alicyclic amines) is 2. The SMILES string of the molecule is CCC(CC)Oc1nc(NC2CCCCN2C(=O)O)cc(C(=O)N2CC[C@@H](N3CCc4ccccc4C3)[C@H](O)C2)n1. The van der Waals surface area contributed by atoms with E-state index in [-0.39, 0.29) is 36.3 Å². The predicted octanol–water partition coefficient (Wildman–Crippen LogP) is 3.58. The number of piperidine rings is 2. The summed E-state index contributed by atoms with van der Waals surface area (Å²) >= 11 is 0. The van der Waals surface area contributed by atoms with E-state index in [1.165, 1.54) is 16.0 Å². The number of carboxylic acid groups (broad SMARTS) is 1. The Balaban J connectivity index is 1.31. The number of hydrogen-bond donors (Lipinski definition) is 3. The van der Waals surface area contributed by atoms with Crippen molar-refractivity contribution in [2.45, 2.75) is 89.8 Å². The van der Waals surface area contributed by atoms with Gasteiger partial charge in [0.15, 0.2) is 0 Å². The Bertz CT molecular complexity index is 1220. The average molecular weight is 567 g/mol. The van der Waals surface area contributed by atoms with Crippen LogP contribution in [0.5, 0.6) is 6.01 Å². The number of hydrogen-bond acceptors (Lipinski definition) is 8. The van der Waals surface area contributed by atoms with E-state index in [9.17, 15) is 19.8 Å². The second-order valence-electron chi connectivity index (χ2n) is 11.3. The highest BCUT2D eigenvalue weighted by molar-refractivity contribution is 5.93. The summed E-state index contributed by atoms with van der Waals surface area (Å²) in [4.78, 5) is 39.8.